The van der Waals surface area contributed by atoms with Gasteiger partial charge < -0.3 is 15.5 Å². The molecule has 0 saturated carbocycles. The molecule has 0 spiro atoms. The Morgan fingerprint density at radius 3 is 2.38 bits per heavy atom. The third-order valence-electron chi connectivity index (χ3n) is 6.94. The van der Waals surface area contributed by atoms with Crippen LogP contribution in [0.15, 0.2) is 58.9 Å². The van der Waals surface area contributed by atoms with Gasteiger partial charge in [0.25, 0.3) is 10.1 Å². The van der Waals surface area contributed by atoms with Crippen molar-refractivity contribution < 1.29 is 22.6 Å². The topological polar surface area (TPSA) is 144 Å². The molecule has 3 atom stereocenters. The quantitative estimate of drug-likeness (QED) is 0.403. The second kappa shape index (κ2) is 11.8. The molecule has 2 heterocycles. The summed E-state index contributed by atoms with van der Waals surface area (Å²) in [6, 6.07) is 15.2. The van der Waals surface area contributed by atoms with Crippen molar-refractivity contribution in [1.29, 1.82) is 0 Å². The smallest absolute Gasteiger partial charge is 0.278 e. The number of fused-ring (bicyclic) bond motifs is 5. The number of amides is 2. The van der Waals surface area contributed by atoms with Crippen LogP contribution in [0.25, 0.3) is 0 Å². The summed E-state index contributed by atoms with van der Waals surface area (Å²) >= 11 is 0. The maximum Gasteiger partial charge on any atom is 0.278 e. The van der Waals surface area contributed by atoms with Gasteiger partial charge in [-0.15, -0.1) is 0 Å². The SMILES string of the molecule is CC(C)NCC(C(=O)NCCC(=O)N1Cc2ccccc2C2C(N=NN2C(C)C)c2ccccc21)S(=O)(=O)O. The number of hydrogen-bond acceptors (Lipinski definition) is 8. The second-order valence-electron chi connectivity index (χ2n) is 10.4. The van der Waals surface area contributed by atoms with Crippen LogP contribution in [0.2, 0.25) is 0 Å². The van der Waals surface area contributed by atoms with Crippen LogP contribution in [-0.2, 0) is 26.3 Å². The summed E-state index contributed by atoms with van der Waals surface area (Å²) in [7, 11) is -4.63. The lowest BCUT2D eigenvalue weighted by atomic mass is 9.87. The van der Waals surface area contributed by atoms with E-state index >= 15 is 0 Å². The van der Waals surface area contributed by atoms with Crippen LogP contribution in [-0.4, -0.2) is 60.2 Å². The zero-order valence-corrected chi connectivity index (χ0v) is 23.4. The minimum absolute atomic E-state index is 0.0637. The monoisotopic (exact) mass is 556 g/mol. The van der Waals surface area contributed by atoms with Gasteiger partial charge >= 0.3 is 0 Å². The van der Waals surface area contributed by atoms with Crippen molar-refractivity contribution >= 4 is 27.6 Å². The normalized spacial score (nSPS) is 19.3. The summed E-state index contributed by atoms with van der Waals surface area (Å²) in [5.74, 6) is -1.10. The highest BCUT2D eigenvalue weighted by molar-refractivity contribution is 7.87. The molecule has 2 amide bonds. The fraction of sp³-hybridized carbons (Fsp3) is 0.481. The van der Waals surface area contributed by atoms with Gasteiger partial charge in [-0.05, 0) is 31.0 Å². The molecule has 0 bridgehead atoms. The van der Waals surface area contributed by atoms with Gasteiger partial charge in [0.15, 0.2) is 5.25 Å². The molecular formula is C27H36N6O5S. The number of carbonyl (C=O) groups is 2. The van der Waals surface area contributed by atoms with Gasteiger partial charge in [-0.3, -0.25) is 19.2 Å². The first kappa shape index (κ1) is 28.7. The fourth-order valence-electron chi connectivity index (χ4n) is 4.99. The molecule has 210 valence electrons. The third kappa shape index (κ3) is 6.29. The highest BCUT2D eigenvalue weighted by Crippen LogP contribution is 2.48. The van der Waals surface area contributed by atoms with Crippen LogP contribution in [0, 0.1) is 0 Å². The summed E-state index contributed by atoms with van der Waals surface area (Å²) in [6.07, 6.45) is -0.0637. The highest BCUT2D eigenvalue weighted by atomic mass is 32.2. The van der Waals surface area contributed by atoms with Crippen molar-refractivity contribution in [2.45, 2.75) is 70.1 Å². The minimum atomic E-state index is -4.63. The van der Waals surface area contributed by atoms with Gasteiger partial charge in [-0.25, -0.2) is 0 Å². The summed E-state index contributed by atoms with van der Waals surface area (Å²) in [4.78, 5) is 27.9. The van der Waals surface area contributed by atoms with E-state index in [0.717, 1.165) is 22.4 Å². The zero-order chi connectivity index (χ0) is 28.3. The van der Waals surface area contributed by atoms with Crippen molar-refractivity contribution in [2.75, 3.05) is 18.0 Å². The van der Waals surface area contributed by atoms with Crippen molar-refractivity contribution in [3.05, 3.63) is 65.2 Å². The average molecular weight is 557 g/mol. The predicted octanol–water partition coefficient (Wildman–Crippen LogP) is 3.17. The van der Waals surface area contributed by atoms with Crippen LogP contribution in [0.1, 0.15) is 62.9 Å². The molecule has 0 aromatic heterocycles. The summed E-state index contributed by atoms with van der Waals surface area (Å²) < 4.78 is 33.1. The molecule has 0 fully saturated rings. The second-order valence-corrected chi connectivity index (χ2v) is 12.0. The molecule has 4 rings (SSSR count). The molecule has 11 nitrogen and oxygen atoms in total. The fourth-order valence-corrected chi connectivity index (χ4v) is 5.65. The molecule has 39 heavy (non-hydrogen) atoms. The number of nitrogens with one attached hydrogen (secondary N) is 2. The Labute approximate surface area is 229 Å². The van der Waals surface area contributed by atoms with E-state index in [1.54, 1.807) is 18.7 Å². The first-order valence-electron chi connectivity index (χ1n) is 13.1. The lowest BCUT2D eigenvalue weighted by molar-refractivity contribution is -0.121. The van der Waals surface area contributed by atoms with E-state index in [1.807, 2.05) is 47.5 Å². The number of anilines is 1. The van der Waals surface area contributed by atoms with Crippen LogP contribution in [0.4, 0.5) is 5.69 Å². The van der Waals surface area contributed by atoms with Crippen LogP contribution < -0.4 is 15.5 Å². The van der Waals surface area contributed by atoms with E-state index in [4.69, 9.17) is 0 Å². The molecule has 3 N–H and O–H groups in total. The molecule has 2 aliphatic rings. The van der Waals surface area contributed by atoms with E-state index in [-0.39, 0.29) is 49.6 Å². The van der Waals surface area contributed by atoms with Crippen molar-refractivity contribution in [3.8, 4) is 0 Å². The van der Waals surface area contributed by atoms with E-state index in [1.165, 1.54) is 0 Å². The Balaban J connectivity index is 1.57. The Hall–Kier alpha value is -3.35. The van der Waals surface area contributed by atoms with Gasteiger partial charge in [-0.1, -0.05) is 61.5 Å². The van der Waals surface area contributed by atoms with Crippen LogP contribution in [0.5, 0.6) is 0 Å². The van der Waals surface area contributed by atoms with E-state index < -0.39 is 21.3 Å². The van der Waals surface area contributed by atoms with Crippen LogP contribution >= 0.6 is 0 Å². The van der Waals surface area contributed by atoms with E-state index in [0.29, 0.717) is 6.54 Å². The molecule has 2 aromatic rings. The van der Waals surface area contributed by atoms with E-state index in [9.17, 15) is 22.6 Å². The van der Waals surface area contributed by atoms with Crippen molar-refractivity contribution in [3.63, 3.8) is 0 Å². The van der Waals surface area contributed by atoms with Gasteiger partial charge in [0.05, 0.1) is 6.54 Å². The summed E-state index contributed by atoms with van der Waals surface area (Å²) in [5, 5.41) is 14.8. The molecule has 0 radical (unpaired) electrons. The summed E-state index contributed by atoms with van der Waals surface area (Å²) in [6.45, 7) is 7.74. The molecular weight excluding hydrogens is 520 g/mol. The zero-order valence-electron chi connectivity index (χ0n) is 22.6. The Morgan fingerprint density at radius 1 is 1.05 bits per heavy atom. The third-order valence-corrected chi connectivity index (χ3v) is 8.04. The Morgan fingerprint density at radius 2 is 1.72 bits per heavy atom. The molecule has 0 aliphatic carbocycles. The first-order valence-corrected chi connectivity index (χ1v) is 14.6. The van der Waals surface area contributed by atoms with Crippen LogP contribution in [0.3, 0.4) is 0 Å². The van der Waals surface area contributed by atoms with Gasteiger partial charge in [-0.2, -0.15) is 13.5 Å². The Kier molecular flexibility index (Phi) is 8.67. The number of para-hydroxylation sites is 1. The van der Waals surface area contributed by atoms with Crippen molar-refractivity contribution in [1.82, 2.24) is 15.6 Å². The molecule has 2 aliphatic heterocycles. The minimum Gasteiger partial charge on any atom is -0.354 e. The lowest BCUT2D eigenvalue weighted by Gasteiger charge is -2.36. The van der Waals surface area contributed by atoms with Crippen molar-refractivity contribution in [2.24, 2.45) is 10.3 Å². The number of rotatable bonds is 9. The lowest BCUT2D eigenvalue weighted by Crippen LogP contribution is -2.47. The summed E-state index contributed by atoms with van der Waals surface area (Å²) in [5.41, 5.74) is 3.63. The Bertz CT molecular complexity index is 1350. The highest BCUT2D eigenvalue weighted by Gasteiger charge is 2.41. The van der Waals surface area contributed by atoms with Gasteiger partial charge in [0.1, 0.15) is 12.1 Å². The molecule has 2 aromatic carbocycles. The molecule has 0 saturated heterocycles. The maximum atomic E-state index is 13.6. The maximum absolute atomic E-state index is 13.6. The van der Waals surface area contributed by atoms with Gasteiger partial charge in [0.2, 0.25) is 11.8 Å². The number of nitrogens with zero attached hydrogens (tertiary/aromatic N) is 4. The number of hydrogen-bond donors (Lipinski definition) is 3. The average Bonchev–Trinajstić information content (AvgIpc) is 3.30. The van der Waals surface area contributed by atoms with Gasteiger partial charge in [0, 0.05) is 42.8 Å². The molecule has 3 unspecified atom stereocenters. The first-order chi connectivity index (χ1) is 18.5. The number of carbonyl (C=O) groups excluding carboxylic acids is 2. The standard InChI is InChI=1S/C27H36N6O5S/c1-17(2)29-15-23(39(36,37)38)27(35)28-14-13-24(34)32-16-19-9-5-6-10-20(19)26-25(30-31-33(26)18(3)4)21-11-7-8-12-22(21)32/h5-12,17-18,23,25-26,29H,13-16H2,1-4H3,(H,28,35)(H,36,37,38). The molecule has 12 heteroatoms. The van der Waals surface area contributed by atoms with E-state index in [2.05, 4.69) is 40.9 Å². The predicted molar refractivity (Wildman–Crippen MR) is 147 cm³/mol. The number of benzene rings is 2. The largest absolute Gasteiger partial charge is 0.354 e.